The highest BCUT2D eigenvalue weighted by atomic mass is 14.9. The molecule has 0 atom stereocenters. The van der Waals surface area contributed by atoms with E-state index in [9.17, 15) is 0 Å². The van der Waals surface area contributed by atoms with Gasteiger partial charge in [-0.05, 0) is 89.3 Å². The summed E-state index contributed by atoms with van der Waals surface area (Å²) in [5.41, 5.74) is 17.0. The van der Waals surface area contributed by atoms with E-state index in [4.69, 9.17) is 16.5 Å². The van der Waals surface area contributed by atoms with Crippen molar-refractivity contribution in [1.29, 1.82) is 0 Å². The molecule has 2 aliphatic rings. The predicted octanol–water partition coefficient (Wildman–Crippen LogP) is 14.3. The van der Waals surface area contributed by atoms with Gasteiger partial charge in [-0.1, -0.05) is 188 Å². The van der Waals surface area contributed by atoms with Crippen molar-refractivity contribution < 1.29 is 0 Å². The lowest BCUT2D eigenvalue weighted by Crippen LogP contribution is -2.25. The molecule has 0 saturated heterocycles. The van der Waals surface area contributed by atoms with E-state index in [1.807, 2.05) is 6.07 Å². The standard InChI is InChI=1S/C56H33N3/c1-57-39-30-31-47-51(33-39)56(48-27-8-6-22-43(48)44-23-7-9-28-49(44)56)50-29-13-24-42(54(47)50)37-18-10-19-38(32-37)52-34-53(45-25-11-16-35-14-2-4-20-40(35)45)59-55(58-52)46-26-12-17-36-15-3-5-21-41(36)46/h2-34H. The van der Waals surface area contributed by atoms with Gasteiger partial charge in [-0.2, -0.15) is 0 Å². The molecule has 1 spiro atoms. The summed E-state index contributed by atoms with van der Waals surface area (Å²) in [6.07, 6.45) is 0. The van der Waals surface area contributed by atoms with Crippen LogP contribution in [-0.4, -0.2) is 9.97 Å². The Labute approximate surface area is 342 Å². The number of aromatic nitrogens is 2. The monoisotopic (exact) mass is 747 g/mol. The van der Waals surface area contributed by atoms with Gasteiger partial charge in [0, 0.05) is 16.7 Å². The van der Waals surface area contributed by atoms with Gasteiger partial charge in [0.15, 0.2) is 11.5 Å². The number of hydrogen-bond donors (Lipinski definition) is 0. The number of nitrogens with zero attached hydrogens (tertiary/aromatic N) is 3. The molecule has 59 heavy (non-hydrogen) atoms. The first-order valence-corrected chi connectivity index (χ1v) is 20.0. The third-order valence-corrected chi connectivity index (χ3v) is 12.5. The predicted molar refractivity (Wildman–Crippen MR) is 241 cm³/mol. The fourth-order valence-corrected chi connectivity index (χ4v) is 10.1. The van der Waals surface area contributed by atoms with Crippen molar-refractivity contribution >= 4 is 27.2 Å². The van der Waals surface area contributed by atoms with Crippen LogP contribution in [0.15, 0.2) is 200 Å². The molecule has 2 aliphatic carbocycles. The number of benzene rings is 9. The highest BCUT2D eigenvalue weighted by molar-refractivity contribution is 6.02. The van der Waals surface area contributed by atoms with Crippen molar-refractivity contribution in [3.63, 3.8) is 0 Å². The highest BCUT2D eigenvalue weighted by Crippen LogP contribution is 2.64. The Hall–Kier alpha value is -7.93. The minimum absolute atomic E-state index is 0.542. The lowest BCUT2D eigenvalue weighted by molar-refractivity contribution is 0.794. The quantitative estimate of drug-likeness (QED) is 0.168. The first kappa shape index (κ1) is 33.2. The lowest BCUT2D eigenvalue weighted by atomic mass is 9.70. The molecular formula is C56H33N3. The summed E-state index contributed by atoms with van der Waals surface area (Å²) in [7, 11) is 0. The third kappa shape index (κ3) is 4.81. The molecule has 0 aliphatic heterocycles. The molecule has 1 heterocycles. The molecule has 0 fully saturated rings. The van der Waals surface area contributed by atoms with Crippen molar-refractivity contribution in [1.82, 2.24) is 9.97 Å². The normalized spacial score (nSPS) is 12.9. The second kappa shape index (κ2) is 12.8. The van der Waals surface area contributed by atoms with E-state index < -0.39 is 5.41 Å². The van der Waals surface area contributed by atoms with Gasteiger partial charge in [-0.15, -0.1) is 0 Å². The molecule has 272 valence electrons. The van der Waals surface area contributed by atoms with Gasteiger partial charge < -0.3 is 0 Å². The number of hydrogen-bond acceptors (Lipinski definition) is 2. The van der Waals surface area contributed by atoms with Crippen LogP contribution >= 0.6 is 0 Å². The fourth-order valence-electron chi connectivity index (χ4n) is 10.1. The molecule has 12 rings (SSSR count). The molecule has 0 saturated carbocycles. The zero-order valence-electron chi connectivity index (χ0n) is 31.9. The maximum Gasteiger partial charge on any atom is 0.187 e. The Kier molecular flexibility index (Phi) is 7.21. The van der Waals surface area contributed by atoms with Crippen LogP contribution in [0.5, 0.6) is 0 Å². The van der Waals surface area contributed by atoms with Gasteiger partial charge in [0.1, 0.15) is 0 Å². The SMILES string of the molecule is [C-]#[N+]c1ccc2c(c1)C1(c3ccccc3-c3ccccc31)c1cccc(-c3cccc(-c4cc(-c5cccc6ccccc56)nc(-c5cccc6ccccc56)n4)c3)c1-2. The van der Waals surface area contributed by atoms with Gasteiger partial charge in [0.2, 0.25) is 0 Å². The molecule has 10 aromatic rings. The van der Waals surface area contributed by atoms with Gasteiger partial charge in [-0.3, -0.25) is 0 Å². The second-order valence-electron chi connectivity index (χ2n) is 15.5. The lowest BCUT2D eigenvalue weighted by Gasteiger charge is -2.30. The maximum absolute atomic E-state index is 8.03. The maximum atomic E-state index is 8.03. The van der Waals surface area contributed by atoms with E-state index >= 15 is 0 Å². The molecule has 3 heteroatoms. The summed E-state index contributed by atoms with van der Waals surface area (Å²) in [6.45, 7) is 8.03. The summed E-state index contributed by atoms with van der Waals surface area (Å²) >= 11 is 0. The molecule has 0 bridgehead atoms. The molecule has 3 nitrogen and oxygen atoms in total. The van der Waals surface area contributed by atoms with Crippen molar-refractivity contribution in [3.05, 3.63) is 234 Å². The molecule has 9 aromatic carbocycles. The zero-order chi connectivity index (χ0) is 39.1. The van der Waals surface area contributed by atoms with E-state index in [0.717, 1.165) is 60.9 Å². The number of rotatable bonds is 4. The molecule has 0 unspecified atom stereocenters. The fraction of sp³-hybridized carbons (Fsp3) is 0.0179. The molecule has 1 aromatic heterocycles. The van der Waals surface area contributed by atoms with Gasteiger partial charge in [0.05, 0.1) is 23.4 Å². The van der Waals surface area contributed by atoms with E-state index in [2.05, 4.69) is 199 Å². The average molecular weight is 748 g/mol. The van der Waals surface area contributed by atoms with Crippen LogP contribution in [-0.2, 0) is 5.41 Å². The highest BCUT2D eigenvalue weighted by Gasteiger charge is 2.52. The Bertz CT molecular complexity index is 3270. The number of fused-ring (bicyclic) bond motifs is 12. The van der Waals surface area contributed by atoms with Crippen LogP contribution < -0.4 is 0 Å². The van der Waals surface area contributed by atoms with Crippen molar-refractivity contribution in [3.8, 4) is 67.3 Å². The Morgan fingerprint density at radius 2 is 0.915 bits per heavy atom. The Morgan fingerprint density at radius 1 is 0.373 bits per heavy atom. The van der Waals surface area contributed by atoms with Crippen LogP contribution in [0.4, 0.5) is 5.69 Å². The zero-order valence-corrected chi connectivity index (χ0v) is 31.9. The topological polar surface area (TPSA) is 30.1 Å². The largest absolute Gasteiger partial charge is 0.238 e. The van der Waals surface area contributed by atoms with Crippen molar-refractivity contribution in [2.45, 2.75) is 5.41 Å². The van der Waals surface area contributed by atoms with Crippen LogP contribution in [0, 0.1) is 6.57 Å². The third-order valence-electron chi connectivity index (χ3n) is 12.5. The second-order valence-corrected chi connectivity index (χ2v) is 15.5. The summed E-state index contributed by atoms with van der Waals surface area (Å²) in [5.74, 6) is 0.693. The van der Waals surface area contributed by atoms with Crippen LogP contribution in [0.3, 0.4) is 0 Å². The summed E-state index contributed by atoms with van der Waals surface area (Å²) < 4.78 is 0. The Balaban J connectivity index is 1.09. The first-order valence-electron chi connectivity index (χ1n) is 20.0. The van der Waals surface area contributed by atoms with E-state index in [-0.39, 0.29) is 0 Å². The van der Waals surface area contributed by atoms with Crippen LogP contribution in [0.2, 0.25) is 0 Å². The molecule has 0 amide bonds. The summed E-state index contributed by atoms with van der Waals surface area (Å²) in [5, 5.41) is 4.60. The van der Waals surface area contributed by atoms with Gasteiger partial charge in [-0.25, -0.2) is 14.8 Å². The van der Waals surface area contributed by atoms with E-state index in [1.54, 1.807) is 0 Å². The smallest absolute Gasteiger partial charge is 0.187 e. The molecule has 0 radical (unpaired) electrons. The van der Waals surface area contributed by atoms with Gasteiger partial charge in [0.25, 0.3) is 0 Å². The molecule has 0 N–H and O–H groups in total. The van der Waals surface area contributed by atoms with Crippen LogP contribution in [0.1, 0.15) is 22.3 Å². The minimum Gasteiger partial charge on any atom is -0.238 e. The molecular weight excluding hydrogens is 715 g/mol. The van der Waals surface area contributed by atoms with E-state index in [1.165, 1.54) is 44.3 Å². The summed E-state index contributed by atoms with van der Waals surface area (Å²) in [4.78, 5) is 14.6. The van der Waals surface area contributed by atoms with E-state index in [0.29, 0.717) is 11.5 Å². The summed E-state index contributed by atoms with van der Waals surface area (Å²) in [6, 6.07) is 71.3. The van der Waals surface area contributed by atoms with Crippen molar-refractivity contribution in [2.75, 3.05) is 0 Å². The van der Waals surface area contributed by atoms with Crippen molar-refractivity contribution in [2.24, 2.45) is 0 Å². The minimum atomic E-state index is -0.542. The average Bonchev–Trinajstić information content (AvgIpc) is 3.78. The Morgan fingerprint density at radius 3 is 1.66 bits per heavy atom. The first-order chi connectivity index (χ1) is 29.2. The van der Waals surface area contributed by atoms with Crippen LogP contribution in [0.25, 0.3) is 93.7 Å². The van der Waals surface area contributed by atoms with Gasteiger partial charge >= 0.3 is 0 Å².